The lowest BCUT2D eigenvalue weighted by atomic mass is 10.1. The summed E-state index contributed by atoms with van der Waals surface area (Å²) in [6.45, 7) is 6.76. The van der Waals surface area contributed by atoms with Crippen LogP contribution in [-0.4, -0.2) is 37.9 Å². The van der Waals surface area contributed by atoms with E-state index in [1.807, 2.05) is 12.1 Å². The van der Waals surface area contributed by atoms with Gasteiger partial charge in [0, 0.05) is 20.2 Å². The van der Waals surface area contributed by atoms with Crippen LogP contribution in [0.15, 0.2) is 12.1 Å². The Kier molecular flexibility index (Phi) is 5.06. The highest BCUT2D eigenvalue weighted by atomic mass is 16.5. The van der Waals surface area contributed by atoms with Crippen molar-refractivity contribution in [2.75, 3.05) is 37.4 Å². The Morgan fingerprint density at radius 1 is 1.35 bits per heavy atom. The minimum Gasteiger partial charge on any atom is -0.476 e. The molecule has 2 heterocycles. The number of anilines is 2. The number of piperidine rings is 1. The minimum atomic E-state index is 0.372. The maximum absolute atomic E-state index is 5.92. The molecule has 0 unspecified atom stereocenters. The molecule has 2 N–H and O–H groups in total. The Hall–Kier alpha value is -1.49. The SMILES string of the molecule is COC1CCN(c2ccc(N)c(OCC(C)C)n2)CC1. The zero-order chi connectivity index (χ0) is 14.5. The average Bonchev–Trinajstić information content (AvgIpc) is 2.46. The molecule has 20 heavy (non-hydrogen) atoms. The van der Waals surface area contributed by atoms with Crippen molar-refractivity contribution in [2.45, 2.75) is 32.8 Å². The Bertz CT molecular complexity index is 429. The highest BCUT2D eigenvalue weighted by Crippen LogP contribution is 2.26. The summed E-state index contributed by atoms with van der Waals surface area (Å²) in [6.07, 6.45) is 2.44. The van der Waals surface area contributed by atoms with Crippen molar-refractivity contribution in [2.24, 2.45) is 5.92 Å². The van der Waals surface area contributed by atoms with E-state index in [1.165, 1.54) is 0 Å². The zero-order valence-electron chi connectivity index (χ0n) is 12.6. The zero-order valence-corrected chi connectivity index (χ0v) is 12.6. The van der Waals surface area contributed by atoms with Crippen molar-refractivity contribution in [1.29, 1.82) is 0 Å². The summed E-state index contributed by atoms with van der Waals surface area (Å²) in [5.41, 5.74) is 6.52. The van der Waals surface area contributed by atoms with Gasteiger partial charge in [0.05, 0.1) is 18.4 Å². The summed E-state index contributed by atoms with van der Waals surface area (Å²) in [5.74, 6) is 1.94. The van der Waals surface area contributed by atoms with Gasteiger partial charge in [-0.2, -0.15) is 4.98 Å². The topological polar surface area (TPSA) is 60.6 Å². The molecule has 112 valence electrons. The molecular weight excluding hydrogens is 254 g/mol. The van der Waals surface area contributed by atoms with Gasteiger partial charge in [0.15, 0.2) is 0 Å². The maximum Gasteiger partial charge on any atom is 0.239 e. The van der Waals surface area contributed by atoms with E-state index in [2.05, 4.69) is 23.7 Å². The fourth-order valence-corrected chi connectivity index (χ4v) is 2.30. The van der Waals surface area contributed by atoms with Gasteiger partial charge in [0.25, 0.3) is 0 Å². The predicted molar refractivity (Wildman–Crippen MR) is 81.2 cm³/mol. The lowest BCUT2D eigenvalue weighted by Crippen LogP contribution is -2.37. The van der Waals surface area contributed by atoms with Gasteiger partial charge >= 0.3 is 0 Å². The quantitative estimate of drug-likeness (QED) is 0.896. The second kappa shape index (κ2) is 6.79. The fourth-order valence-electron chi connectivity index (χ4n) is 2.30. The van der Waals surface area contributed by atoms with Crippen LogP contribution in [-0.2, 0) is 4.74 Å². The number of methoxy groups -OCH3 is 1. The Morgan fingerprint density at radius 2 is 2.05 bits per heavy atom. The molecule has 1 aliphatic heterocycles. The molecule has 1 aliphatic rings. The van der Waals surface area contributed by atoms with Crippen molar-refractivity contribution in [3.8, 4) is 5.88 Å². The van der Waals surface area contributed by atoms with E-state index < -0.39 is 0 Å². The summed E-state index contributed by atoms with van der Waals surface area (Å²) in [4.78, 5) is 6.82. The van der Waals surface area contributed by atoms with Crippen LogP contribution in [0, 0.1) is 5.92 Å². The molecule has 2 rings (SSSR count). The summed E-state index contributed by atoms with van der Waals surface area (Å²) in [5, 5.41) is 0. The van der Waals surface area contributed by atoms with E-state index >= 15 is 0 Å². The standard InChI is InChI=1S/C15H25N3O2/c1-11(2)10-20-15-13(16)4-5-14(17-15)18-8-6-12(19-3)7-9-18/h4-5,11-12H,6-10,16H2,1-3H3. The van der Waals surface area contributed by atoms with Crippen LogP contribution in [0.3, 0.4) is 0 Å². The lowest BCUT2D eigenvalue weighted by molar-refractivity contribution is 0.0818. The molecule has 0 bridgehead atoms. The molecule has 0 aliphatic carbocycles. The van der Waals surface area contributed by atoms with E-state index in [9.17, 15) is 0 Å². The highest BCUT2D eigenvalue weighted by Gasteiger charge is 2.20. The first kappa shape index (κ1) is 14.9. The van der Waals surface area contributed by atoms with E-state index in [0.29, 0.717) is 30.2 Å². The molecule has 0 amide bonds. The first-order valence-electron chi connectivity index (χ1n) is 7.27. The highest BCUT2D eigenvalue weighted by molar-refractivity contribution is 5.54. The third kappa shape index (κ3) is 3.76. The third-order valence-corrected chi connectivity index (χ3v) is 3.53. The van der Waals surface area contributed by atoms with Crippen molar-refractivity contribution >= 4 is 11.5 Å². The van der Waals surface area contributed by atoms with Crippen LogP contribution in [0.4, 0.5) is 11.5 Å². The molecule has 0 radical (unpaired) electrons. The summed E-state index contributed by atoms with van der Waals surface area (Å²) in [6, 6.07) is 3.84. The van der Waals surface area contributed by atoms with Gasteiger partial charge in [-0.05, 0) is 30.9 Å². The predicted octanol–water partition coefficient (Wildman–Crippen LogP) is 2.31. The number of nitrogen functional groups attached to an aromatic ring is 1. The number of ether oxygens (including phenoxy) is 2. The summed E-state index contributed by atoms with van der Waals surface area (Å²) >= 11 is 0. The van der Waals surface area contributed by atoms with Gasteiger partial charge in [0.2, 0.25) is 5.88 Å². The fraction of sp³-hybridized carbons (Fsp3) is 0.667. The van der Waals surface area contributed by atoms with Crippen molar-refractivity contribution in [3.63, 3.8) is 0 Å². The Labute approximate surface area is 121 Å². The molecule has 5 nitrogen and oxygen atoms in total. The molecule has 0 aromatic carbocycles. The van der Waals surface area contributed by atoms with Gasteiger partial charge in [0.1, 0.15) is 5.82 Å². The molecule has 0 spiro atoms. The molecule has 0 atom stereocenters. The number of nitrogens with two attached hydrogens (primary N) is 1. The number of hydrogen-bond donors (Lipinski definition) is 1. The maximum atomic E-state index is 5.92. The van der Waals surface area contributed by atoms with Crippen LogP contribution in [0.25, 0.3) is 0 Å². The Balaban J connectivity index is 2.03. The first-order chi connectivity index (χ1) is 9.60. The van der Waals surface area contributed by atoms with Gasteiger partial charge in [-0.3, -0.25) is 0 Å². The van der Waals surface area contributed by atoms with Gasteiger partial charge in [-0.25, -0.2) is 0 Å². The molecule has 1 aromatic rings. The molecule has 5 heteroatoms. The molecular formula is C15H25N3O2. The smallest absolute Gasteiger partial charge is 0.239 e. The second-order valence-electron chi connectivity index (χ2n) is 5.69. The van der Waals surface area contributed by atoms with Crippen molar-refractivity contribution in [1.82, 2.24) is 4.98 Å². The number of rotatable bonds is 5. The first-order valence-corrected chi connectivity index (χ1v) is 7.27. The number of aromatic nitrogens is 1. The normalized spacial score (nSPS) is 16.7. The van der Waals surface area contributed by atoms with E-state index in [-0.39, 0.29) is 0 Å². The van der Waals surface area contributed by atoms with E-state index in [4.69, 9.17) is 15.2 Å². The third-order valence-electron chi connectivity index (χ3n) is 3.53. The average molecular weight is 279 g/mol. The van der Waals surface area contributed by atoms with Gasteiger partial charge < -0.3 is 20.1 Å². The Morgan fingerprint density at radius 3 is 2.65 bits per heavy atom. The van der Waals surface area contributed by atoms with E-state index in [1.54, 1.807) is 7.11 Å². The monoisotopic (exact) mass is 279 g/mol. The molecule has 1 saturated heterocycles. The van der Waals surface area contributed by atoms with Crippen molar-refractivity contribution < 1.29 is 9.47 Å². The largest absolute Gasteiger partial charge is 0.476 e. The number of nitrogens with zero attached hydrogens (tertiary/aromatic N) is 2. The van der Waals surface area contributed by atoms with Crippen molar-refractivity contribution in [3.05, 3.63) is 12.1 Å². The number of pyridine rings is 1. The van der Waals surface area contributed by atoms with E-state index in [0.717, 1.165) is 31.7 Å². The molecule has 1 fully saturated rings. The number of hydrogen-bond acceptors (Lipinski definition) is 5. The van der Waals surface area contributed by atoms with Crippen LogP contribution in [0.2, 0.25) is 0 Å². The minimum absolute atomic E-state index is 0.372. The lowest BCUT2D eigenvalue weighted by Gasteiger charge is -2.32. The van der Waals surface area contributed by atoms with Gasteiger partial charge in [-0.15, -0.1) is 0 Å². The van der Waals surface area contributed by atoms with Crippen LogP contribution in [0.5, 0.6) is 5.88 Å². The van der Waals surface area contributed by atoms with Crippen LogP contribution < -0.4 is 15.4 Å². The second-order valence-corrected chi connectivity index (χ2v) is 5.69. The van der Waals surface area contributed by atoms with Crippen LogP contribution >= 0.6 is 0 Å². The summed E-state index contributed by atoms with van der Waals surface area (Å²) < 4.78 is 11.1. The molecule has 0 saturated carbocycles. The summed E-state index contributed by atoms with van der Waals surface area (Å²) in [7, 11) is 1.78. The molecule has 1 aromatic heterocycles. The van der Waals surface area contributed by atoms with Gasteiger partial charge in [-0.1, -0.05) is 13.8 Å². The van der Waals surface area contributed by atoms with Crippen LogP contribution in [0.1, 0.15) is 26.7 Å².